The van der Waals surface area contributed by atoms with E-state index in [2.05, 4.69) is 10.4 Å². The maximum Gasteiger partial charge on any atom is 0.269 e. The molecule has 0 bridgehead atoms. The van der Waals surface area contributed by atoms with E-state index in [4.69, 9.17) is 0 Å². The number of para-hydroxylation sites is 1. The Hall–Kier alpha value is -3.48. The Balaban J connectivity index is 1.88. The molecule has 1 heterocycles. The molecular weight excluding hydrogens is 320 g/mol. The van der Waals surface area contributed by atoms with Gasteiger partial charge in [0, 0.05) is 17.8 Å². The summed E-state index contributed by atoms with van der Waals surface area (Å²) < 4.78 is 1.72. The summed E-state index contributed by atoms with van der Waals surface area (Å²) in [4.78, 5) is 22.8. The molecular formula is C18H16N4O3. The SMILES string of the molecule is Cc1nn(-c2ccccc2)c(C)c1C(=O)Nc1ccc([N+](=O)[O-])cc1. The molecule has 3 aromatic rings. The minimum atomic E-state index is -0.482. The van der Waals surface area contributed by atoms with Gasteiger partial charge in [0.2, 0.25) is 0 Å². The normalized spacial score (nSPS) is 10.5. The summed E-state index contributed by atoms with van der Waals surface area (Å²) in [7, 11) is 0. The summed E-state index contributed by atoms with van der Waals surface area (Å²) in [6, 6.07) is 15.3. The van der Waals surface area contributed by atoms with Gasteiger partial charge in [-0.25, -0.2) is 4.68 Å². The summed E-state index contributed by atoms with van der Waals surface area (Å²) in [6.45, 7) is 3.61. The van der Waals surface area contributed by atoms with Crippen molar-refractivity contribution in [1.29, 1.82) is 0 Å². The van der Waals surface area contributed by atoms with E-state index < -0.39 is 4.92 Å². The smallest absolute Gasteiger partial charge is 0.269 e. The summed E-state index contributed by atoms with van der Waals surface area (Å²) in [5.74, 6) is -0.300. The molecule has 0 unspecified atom stereocenters. The van der Waals surface area contributed by atoms with Gasteiger partial charge < -0.3 is 5.32 Å². The van der Waals surface area contributed by atoms with E-state index in [1.807, 2.05) is 37.3 Å². The number of non-ortho nitro benzene ring substituents is 1. The molecule has 0 fully saturated rings. The highest BCUT2D eigenvalue weighted by Gasteiger charge is 2.19. The second-order valence-corrected chi connectivity index (χ2v) is 5.55. The molecule has 1 aromatic heterocycles. The molecule has 0 spiro atoms. The molecule has 2 aromatic carbocycles. The number of benzene rings is 2. The fraction of sp³-hybridized carbons (Fsp3) is 0.111. The van der Waals surface area contributed by atoms with Gasteiger partial charge in [0.05, 0.1) is 27.6 Å². The van der Waals surface area contributed by atoms with Crippen LogP contribution in [0.3, 0.4) is 0 Å². The van der Waals surface area contributed by atoms with Crippen LogP contribution in [0, 0.1) is 24.0 Å². The number of carbonyl (C=O) groups is 1. The van der Waals surface area contributed by atoms with Crippen LogP contribution in [0.15, 0.2) is 54.6 Å². The van der Waals surface area contributed by atoms with Crippen molar-refractivity contribution in [2.75, 3.05) is 5.32 Å². The fourth-order valence-corrected chi connectivity index (χ4v) is 2.65. The van der Waals surface area contributed by atoms with Crippen molar-refractivity contribution < 1.29 is 9.72 Å². The third-order valence-corrected chi connectivity index (χ3v) is 3.86. The first-order valence-corrected chi connectivity index (χ1v) is 7.65. The standard InChI is InChI=1S/C18H16N4O3/c1-12-17(13(2)21(20-12)15-6-4-3-5-7-15)18(23)19-14-8-10-16(11-9-14)22(24)25/h3-11H,1-2H3,(H,19,23). The van der Waals surface area contributed by atoms with Crippen molar-refractivity contribution in [2.45, 2.75) is 13.8 Å². The Labute approximate surface area is 144 Å². The average molecular weight is 336 g/mol. The van der Waals surface area contributed by atoms with E-state index in [1.54, 1.807) is 11.6 Å². The summed E-state index contributed by atoms with van der Waals surface area (Å²) in [5, 5.41) is 17.9. The van der Waals surface area contributed by atoms with Gasteiger partial charge in [-0.05, 0) is 38.1 Å². The number of anilines is 1. The van der Waals surface area contributed by atoms with Crippen LogP contribution in [0.5, 0.6) is 0 Å². The van der Waals surface area contributed by atoms with Crippen molar-refractivity contribution in [3.63, 3.8) is 0 Å². The van der Waals surface area contributed by atoms with E-state index in [0.29, 0.717) is 16.9 Å². The van der Waals surface area contributed by atoms with E-state index in [1.165, 1.54) is 24.3 Å². The van der Waals surface area contributed by atoms with Crippen LogP contribution < -0.4 is 5.32 Å². The number of hydrogen-bond donors (Lipinski definition) is 1. The number of nitrogens with zero attached hydrogens (tertiary/aromatic N) is 3. The number of nitro benzene ring substituents is 1. The van der Waals surface area contributed by atoms with Crippen LogP contribution in [0.2, 0.25) is 0 Å². The van der Waals surface area contributed by atoms with Gasteiger partial charge in [0.15, 0.2) is 0 Å². The van der Waals surface area contributed by atoms with Gasteiger partial charge >= 0.3 is 0 Å². The first-order valence-electron chi connectivity index (χ1n) is 7.65. The molecule has 0 aliphatic rings. The quantitative estimate of drug-likeness (QED) is 0.581. The van der Waals surface area contributed by atoms with E-state index in [-0.39, 0.29) is 11.6 Å². The number of carbonyl (C=O) groups excluding carboxylic acids is 1. The molecule has 0 saturated carbocycles. The number of aromatic nitrogens is 2. The van der Waals surface area contributed by atoms with Crippen LogP contribution in [-0.2, 0) is 0 Å². The zero-order chi connectivity index (χ0) is 18.0. The predicted octanol–water partition coefficient (Wildman–Crippen LogP) is 3.65. The number of nitrogens with one attached hydrogen (secondary N) is 1. The number of nitro groups is 1. The molecule has 0 atom stereocenters. The summed E-state index contributed by atoms with van der Waals surface area (Å²) >= 11 is 0. The zero-order valence-corrected chi connectivity index (χ0v) is 13.8. The van der Waals surface area contributed by atoms with Gasteiger partial charge in [0.25, 0.3) is 11.6 Å². The van der Waals surface area contributed by atoms with Gasteiger partial charge in [-0.2, -0.15) is 5.10 Å². The van der Waals surface area contributed by atoms with Crippen molar-refractivity contribution in [3.05, 3.63) is 81.7 Å². The minimum absolute atomic E-state index is 0.0257. The van der Waals surface area contributed by atoms with Crippen molar-refractivity contribution in [2.24, 2.45) is 0 Å². The van der Waals surface area contributed by atoms with Crippen molar-refractivity contribution >= 4 is 17.3 Å². The van der Waals surface area contributed by atoms with E-state index >= 15 is 0 Å². The molecule has 0 aliphatic heterocycles. The third-order valence-electron chi connectivity index (χ3n) is 3.86. The summed E-state index contributed by atoms with van der Waals surface area (Å²) in [6.07, 6.45) is 0. The zero-order valence-electron chi connectivity index (χ0n) is 13.8. The fourth-order valence-electron chi connectivity index (χ4n) is 2.65. The van der Waals surface area contributed by atoms with Crippen LogP contribution >= 0.6 is 0 Å². The van der Waals surface area contributed by atoms with Gasteiger partial charge in [-0.1, -0.05) is 18.2 Å². The van der Waals surface area contributed by atoms with Gasteiger partial charge in [0.1, 0.15) is 0 Å². The van der Waals surface area contributed by atoms with Crippen molar-refractivity contribution in [3.8, 4) is 5.69 Å². The molecule has 126 valence electrons. The van der Waals surface area contributed by atoms with Gasteiger partial charge in [-0.3, -0.25) is 14.9 Å². The molecule has 7 heteroatoms. The first-order chi connectivity index (χ1) is 12.0. The Morgan fingerprint density at radius 2 is 1.72 bits per heavy atom. The van der Waals surface area contributed by atoms with Crippen LogP contribution in [0.4, 0.5) is 11.4 Å². The van der Waals surface area contributed by atoms with Gasteiger partial charge in [-0.15, -0.1) is 0 Å². The van der Waals surface area contributed by atoms with E-state index in [9.17, 15) is 14.9 Å². The topological polar surface area (TPSA) is 90.1 Å². The molecule has 0 saturated heterocycles. The molecule has 7 nitrogen and oxygen atoms in total. The Bertz CT molecular complexity index is 931. The lowest BCUT2D eigenvalue weighted by Gasteiger charge is -2.07. The monoisotopic (exact) mass is 336 g/mol. The molecule has 1 amide bonds. The maximum absolute atomic E-state index is 12.6. The minimum Gasteiger partial charge on any atom is -0.322 e. The van der Waals surface area contributed by atoms with E-state index in [0.717, 1.165) is 11.4 Å². The second kappa shape index (κ2) is 6.56. The lowest BCUT2D eigenvalue weighted by molar-refractivity contribution is -0.384. The highest BCUT2D eigenvalue weighted by atomic mass is 16.6. The first kappa shape index (κ1) is 16.4. The largest absolute Gasteiger partial charge is 0.322 e. The lowest BCUT2D eigenvalue weighted by atomic mass is 10.1. The Kier molecular flexibility index (Phi) is 4.30. The third kappa shape index (κ3) is 3.25. The molecule has 1 N–H and O–H groups in total. The Morgan fingerprint density at radius 1 is 1.08 bits per heavy atom. The lowest BCUT2D eigenvalue weighted by Crippen LogP contribution is -2.14. The van der Waals surface area contributed by atoms with Crippen LogP contribution in [0.1, 0.15) is 21.7 Å². The molecule has 0 radical (unpaired) electrons. The molecule has 25 heavy (non-hydrogen) atoms. The Morgan fingerprint density at radius 3 is 2.32 bits per heavy atom. The molecule has 0 aliphatic carbocycles. The number of rotatable bonds is 4. The number of hydrogen-bond acceptors (Lipinski definition) is 4. The van der Waals surface area contributed by atoms with Crippen LogP contribution in [-0.4, -0.2) is 20.6 Å². The maximum atomic E-state index is 12.6. The average Bonchev–Trinajstić information content (AvgIpc) is 2.90. The second-order valence-electron chi connectivity index (χ2n) is 5.55. The van der Waals surface area contributed by atoms with Crippen molar-refractivity contribution in [1.82, 2.24) is 9.78 Å². The highest BCUT2D eigenvalue weighted by Crippen LogP contribution is 2.20. The molecule has 3 rings (SSSR count). The van der Waals surface area contributed by atoms with Crippen LogP contribution in [0.25, 0.3) is 5.69 Å². The highest BCUT2D eigenvalue weighted by molar-refractivity contribution is 6.06. The predicted molar refractivity (Wildman–Crippen MR) is 94.1 cm³/mol. The summed E-state index contributed by atoms with van der Waals surface area (Å²) in [5.41, 5.74) is 3.16. The number of amides is 1. The number of aryl methyl sites for hydroxylation is 1.